The lowest BCUT2D eigenvalue weighted by Gasteiger charge is -2.37. The lowest BCUT2D eigenvalue weighted by molar-refractivity contribution is -0.138. The number of imidazole rings is 1. The van der Waals surface area contributed by atoms with Gasteiger partial charge < -0.3 is 15.1 Å². The molecule has 2 fully saturated rings. The van der Waals surface area contributed by atoms with Gasteiger partial charge in [0.2, 0.25) is 11.8 Å². The number of nitrogens with zero attached hydrogens (tertiary/aromatic N) is 6. The summed E-state index contributed by atoms with van der Waals surface area (Å²) in [5, 5.41) is 9.07. The number of piperazine rings is 1. The van der Waals surface area contributed by atoms with Gasteiger partial charge in [-0.05, 0) is 84.5 Å². The first kappa shape index (κ1) is 37.3. The number of nitrogens with one attached hydrogen (secondary N) is 2. The van der Waals surface area contributed by atoms with Crippen molar-refractivity contribution in [2.75, 3.05) is 36.4 Å². The van der Waals surface area contributed by atoms with Crippen LogP contribution in [0.3, 0.4) is 0 Å². The number of benzene rings is 3. The minimum atomic E-state index is -4.71. The van der Waals surface area contributed by atoms with Gasteiger partial charge in [0, 0.05) is 74.4 Å². The van der Waals surface area contributed by atoms with E-state index in [1.165, 1.54) is 23.1 Å². The van der Waals surface area contributed by atoms with E-state index in [-0.39, 0.29) is 55.0 Å². The normalized spacial score (nSPS) is 17.4. The van der Waals surface area contributed by atoms with Crippen LogP contribution in [0.4, 0.5) is 28.9 Å². The molecule has 2 N–H and O–H groups in total. The lowest BCUT2D eigenvalue weighted by atomic mass is 10.0. The number of rotatable bonds is 6. The minimum Gasteiger partial charge on any atom is -0.368 e. The molecular weight excluding hydrogens is 744 g/mol. The summed E-state index contributed by atoms with van der Waals surface area (Å²) in [6.07, 6.45) is -1.27. The van der Waals surface area contributed by atoms with Crippen molar-refractivity contribution in [2.45, 2.75) is 45.1 Å². The van der Waals surface area contributed by atoms with Crippen LogP contribution >= 0.6 is 0 Å². The Hall–Kier alpha value is -6.60. The monoisotopic (exact) mass is 778 g/mol. The summed E-state index contributed by atoms with van der Waals surface area (Å²) in [5.74, 6) is 3.15. The summed E-state index contributed by atoms with van der Waals surface area (Å²) in [6.45, 7) is 3.42. The van der Waals surface area contributed by atoms with Crippen molar-refractivity contribution in [1.29, 1.82) is 0 Å². The van der Waals surface area contributed by atoms with E-state index < -0.39 is 47.2 Å². The molecule has 0 radical (unpaired) electrons. The van der Waals surface area contributed by atoms with E-state index in [9.17, 15) is 32.3 Å². The summed E-state index contributed by atoms with van der Waals surface area (Å²) < 4.78 is 60.3. The molecule has 57 heavy (non-hydrogen) atoms. The van der Waals surface area contributed by atoms with E-state index in [2.05, 4.69) is 32.6 Å². The molecule has 5 heterocycles. The largest absolute Gasteiger partial charge is 0.418 e. The molecule has 0 aliphatic carbocycles. The summed E-state index contributed by atoms with van der Waals surface area (Å²) in [4.78, 5) is 59.5. The minimum absolute atomic E-state index is 0.0204. The number of halogens is 4. The third-order valence-corrected chi connectivity index (χ3v) is 10.4. The SMILES string of the molecule is Cc1ccc(C(=O)Nc2ccc(N3CCN(Cc4cc(F)c5c(c4)CN(C4CCC(=O)NC4=O)C5=O)CC3)c(C(F)(F)F)c2)cc1C#Cc1cnc2cccnn12. The van der Waals surface area contributed by atoms with Crippen molar-refractivity contribution < 1.29 is 36.7 Å². The second kappa shape index (κ2) is 14.8. The number of amides is 4. The quantitative estimate of drug-likeness (QED) is 0.141. The van der Waals surface area contributed by atoms with Crippen LogP contribution in [0.2, 0.25) is 0 Å². The number of hydrogen-bond acceptors (Lipinski definition) is 8. The number of alkyl halides is 3. The Morgan fingerprint density at radius 3 is 2.58 bits per heavy atom. The molecule has 16 heteroatoms. The number of aryl methyl sites for hydroxylation is 1. The van der Waals surface area contributed by atoms with Gasteiger partial charge in [0.15, 0.2) is 5.65 Å². The molecule has 0 spiro atoms. The first-order chi connectivity index (χ1) is 27.3. The number of piperidine rings is 1. The van der Waals surface area contributed by atoms with Crippen LogP contribution in [0.25, 0.3) is 5.65 Å². The highest BCUT2D eigenvalue weighted by atomic mass is 19.4. The number of carbonyl (C=O) groups excluding carboxylic acids is 4. The zero-order chi connectivity index (χ0) is 40.0. The first-order valence-electron chi connectivity index (χ1n) is 18.2. The van der Waals surface area contributed by atoms with Crippen LogP contribution in [0.5, 0.6) is 0 Å². The Labute approximate surface area is 323 Å². The fourth-order valence-electron chi connectivity index (χ4n) is 7.48. The number of aromatic nitrogens is 3. The predicted molar refractivity (Wildman–Crippen MR) is 199 cm³/mol. The maximum absolute atomic E-state index is 15.3. The van der Waals surface area contributed by atoms with Gasteiger partial charge in [-0.2, -0.15) is 18.3 Å². The Morgan fingerprint density at radius 1 is 1.00 bits per heavy atom. The second-order valence-corrected chi connectivity index (χ2v) is 14.2. The van der Waals surface area contributed by atoms with Gasteiger partial charge in [0.1, 0.15) is 17.6 Å². The summed E-state index contributed by atoms with van der Waals surface area (Å²) in [6, 6.07) is 14.3. The van der Waals surface area contributed by atoms with E-state index in [0.29, 0.717) is 47.7 Å². The van der Waals surface area contributed by atoms with Crippen molar-refractivity contribution in [3.8, 4) is 11.8 Å². The average Bonchev–Trinajstić information content (AvgIpc) is 3.75. The highest BCUT2D eigenvalue weighted by Crippen LogP contribution is 2.39. The molecule has 1 atom stereocenters. The fourth-order valence-corrected chi connectivity index (χ4v) is 7.48. The van der Waals surface area contributed by atoms with Crippen molar-refractivity contribution in [3.63, 3.8) is 0 Å². The Morgan fingerprint density at radius 2 is 1.81 bits per heavy atom. The molecule has 3 aromatic carbocycles. The Kier molecular flexibility index (Phi) is 9.70. The lowest BCUT2D eigenvalue weighted by Crippen LogP contribution is -2.52. The number of imide groups is 1. The molecule has 8 rings (SSSR count). The summed E-state index contributed by atoms with van der Waals surface area (Å²) in [5.41, 5.74) is 2.76. The zero-order valence-electron chi connectivity index (χ0n) is 30.5. The van der Waals surface area contributed by atoms with Gasteiger partial charge in [-0.3, -0.25) is 29.4 Å². The molecule has 2 saturated heterocycles. The Balaban J connectivity index is 0.922. The van der Waals surface area contributed by atoms with E-state index in [1.807, 2.05) is 11.8 Å². The second-order valence-electron chi connectivity index (χ2n) is 14.2. The van der Waals surface area contributed by atoms with E-state index in [1.54, 1.807) is 58.2 Å². The smallest absolute Gasteiger partial charge is 0.368 e. The number of fused-ring (bicyclic) bond motifs is 2. The number of carbonyl (C=O) groups is 4. The van der Waals surface area contributed by atoms with Crippen LogP contribution in [0, 0.1) is 24.6 Å². The topological polar surface area (TPSA) is 132 Å². The van der Waals surface area contributed by atoms with Gasteiger partial charge >= 0.3 is 6.18 Å². The van der Waals surface area contributed by atoms with Gasteiger partial charge in [-0.15, -0.1) is 0 Å². The first-order valence-corrected chi connectivity index (χ1v) is 18.2. The molecule has 3 aliphatic rings. The van der Waals surface area contributed by atoms with Crippen LogP contribution in [-0.4, -0.2) is 80.2 Å². The van der Waals surface area contributed by atoms with Gasteiger partial charge in [0.25, 0.3) is 11.8 Å². The number of anilines is 2. The molecule has 4 amide bonds. The molecule has 2 aromatic heterocycles. The van der Waals surface area contributed by atoms with Crippen molar-refractivity contribution in [2.24, 2.45) is 0 Å². The van der Waals surface area contributed by atoms with Gasteiger partial charge in [-0.25, -0.2) is 13.9 Å². The Bertz CT molecular complexity index is 2530. The third kappa shape index (κ3) is 7.53. The van der Waals surface area contributed by atoms with Crippen molar-refractivity contribution >= 4 is 40.7 Å². The molecule has 0 bridgehead atoms. The van der Waals surface area contributed by atoms with Crippen molar-refractivity contribution in [1.82, 2.24) is 29.7 Å². The highest BCUT2D eigenvalue weighted by molar-refractivity contribution is 6.06. The van der Waals surface area contributed by atoms with Gasteiger partial charge in [0.05, 0.1) is 17.3 Å². The van der Waals surface area contributed by atoms with Crippen LogP contribution in [0.15, 0.2) is 73.1 Å². The zero-order valence-corrected chi connectivity index (χ0v) is 30.5. The molecule has 3 aliphatic heterocycles. The molecule has 12 nitrogen and oxygen atoms in total. The average molecular weight is 779 g/mol. The molecule has 5 aromatic rings. The standard InChI is InChI=1S/C41H34F4N8O4/c1-24-4-5-27(19-26(24)6-8-30-21-46-35-3-2-12-47-53(30)35)38(55)48-29-7-9-33(31(20-29)41(43,44)45)51-15-13-50(14-16-51)22-25-17-28-23-52(40(57)37(28)32(42)18-25)34-10-11-36(54)49-39(34)56/h2-5,7,9,12,17-21,34H,10-11,13-16,22-23H2,1H3,(H,48,55)(H,49,54,56). The number of hydrogen-bond donors (Lipinski definition) is 2. The van der Waals surface area contributed by atoms with E-state index >= 15 is 4.39 Å². The maximum Gasteiger partial charge on any atom is 0.418 e. The highest BCUT2D eigenvalue weighted by Gasteiger charge is 2.41. The molecule has 0 saturated carbocycles. The van der Waals surface area contributed by atoms with Gasteiger partial charge in [-0.1, -0.05) is 18.1 Å². The van der Waals surface area contributed by atoms with Crippen LogP contribution < -0.4 is 15.5 Å². The summed E-state index contributed by atoms with van der Waals surface area (Å²) >= 11 is 0. The maximum atomic E-state index is 15.3. The molecule has 1 unspecified atom stereocenters. The van der Waals surface area contributed by atoms with Crippen LogP contribution in [-0.2, 0) is 28.9 Å². The predicted octanol–water partition coefficient (Wildman–Crippen LogP) is 4.93. The fraction of sp³-hybridized carbons (Fsp3) is 0.268. The molecule has 290 valence electrons. The summed E-state index contributed by atoms with van der Waals surface area (Å²) in [7, 11) is 0. The molecular formula is C41H34F4N8O4. The van der Waals surface area contributed by atoms with Crippen molar-refractivity contribution in [3.05, 3.63) is 124 Å². The van der Waals surface area contributed by atoms with Crippen LogP contribution in [0.1, 0.15) is 67.1 Å². The van der Waals surface area contributed by atoms with E-state index in [4.69, 9.17) is 0 Å². The third-order valence-electron chi connectivity index (χ3n) is 10.4. The van der Waals surface area contributed by atoms with E-state index in [0.717, 1.165) is 11.6 Å².